The zero-order valence-electron chi connectivity index (χ0n) is 26.3. The summed E-state index contributed by atoms with van der Waals surface area (Å²) >= 11 is 0. The minimum atomic E-state index is -0.360. The SMILES string of the molecule is Cc1ccc2c(c1)c(C(=Nc1ccccc1N(C=C(C#N)C#N)Cc1ccccc1)C(=O)c1ccccc1)c(O)n2Cc1ccccc1. The summed E-state index contributed by atoms with van der Waals surface area (Å²) in [6, 6.07) is 45.4. The van der Waals surface area contributed by atoms with E-state index in [2.05, 4.69) is 0 Å². The first-order chi connectivity index (χ1) is 23.5. The lowest BCUT2D eigenvalue weighted by Gasteiger charge is -2.23. The predicted octanol–water partition coefficient (Wildman–Crippen LogP) is 8.64. The average Bonchev–Trinajstić information content (AvgIpc) is 3.39. The van der Waals surface area contributed by atoms with E-state index in [4.69, 9.17) is 4.99 Å². The normalized spacial score (nSPS) is 11.0. The summed E-state index contributed by atoms with van der Waals surface area (Å²) in [5.41, 5.74) is 5.40. The third-order valence-electron chi connectivity index (χ3n) is 8.01. The van der Waals surface area contributed by atoms with Crippen molar-refractivity contribution in [2.45, 2.75) is 20.0 Å². The van der Waals surface area contributed by atoms with E-state index >= 15 is 0 Å². The molecule has 48 heavy (non-hydrogen) atoms. The van der Waals surface area contributed by atoms with Gasteiger partial charge in [0.2, 0.25) is 11.7 Å². The number of nitrogens with zero attached hydrogens (tertiary/aromatic N) is 5. The molecular formula is C41H31N5O2. The molecule has 1 heterocycles. The first-order valence-corrected chi connectivity index (χ1v) is 15.4. The molecule has 7 nitrogen and oxygen atoms in total. The number of carbonyl (C=O) groups excluding carboxylic acids is 1. The molecule has 0 atom stereocenters. The number of rotatable bonds is 10. The number of aliphatic imine (C=N–C) groups is 1. The van der Waals surface area contributed by atoms with E-state index < -0.39 is 0 Å². The molecule has 0 aliphatic rings. The first-order valence-electron chi connectivity index (χ1n) is 15.4. The number of anilines is 1. The topological polar surface area (TPSA) is 105 Å². The fourth-order valence-corrected chi connectivity index (χ4v) is 5.70. The Labute approximate surface area is 279 Å². The van der Waals surface area contributed by atoms with Crippen LogP contribution < -0.4 is 4.90 Å². The molecule has 0 amide bonds. The Bertz CT molecular complexity index is 2220. The summed E-state index contributed by atoms with van der Waals surface area (Å²) in [7, 11) is 0. The van der Waals surface area contributed by atoms with Gasteiger partial charge in [0.05, 0.1) is 29.0 Å². The molecule has 0 radical (unpaired) electrons. The quantitative estimate of drug-likeness (QED) is 0.0932. The van der Waals surface area contributed by atoms with Crippen molar-refractivity contribution in [2.24, 2.45) is 4.99 Å². The fourth-order valence-electron chi connectivity index (χ4n) is 5.70. The molecule has 5 aromatic carbocycles. The molecule has 1 aromatic heterocycles. The van der Waals surface area contributed by atoms with Crippen LogP contribution >= 0.6 is 0 Å². The van der Waals surface area contributed by atoms with Crippen molar-refractivity contribution in [1.29, 1.82) is 10.5 Å². The molecule has 0 aliphatic heterocycles. The summed E-state index contributed by atoms with van der Waals surface area (Å²) in [5.74, 6) is -0.432. The van der Waals surface area contributed by atoms with Crippen molar-refractivity contribution in [2.75, 3.05) is 4.90 Å². The number of ketones is 1. The minimum Gasteiger partial charge on any atom is -0.494 e. The lowest BCUT2D eigenvalue weighted by molar-refractivity contribution is 0.106. The molecule has 0 spiro atoms. The van der Waals surface area contributed by atoms with Crippen LogP contribution in [-0.2, 0) is 13.1 Å². The first kappa shape index (κ1) is 31.3. The van der Waals surface area contributed by atoms with Gasteiger partial charge in [0.15, 0.2) is 0 Å². The maximum atomic E-state index is 14.5. The van der Waals surface area contributed by atoms with Gasteiger partial charge in [0.1, 0.15) is 23.4 Å². The average molecular weight is 626 g/mol. The van der Waals surface area contributed by atoms with Crippen molar-refractivity contribution < 1.29 is 9.90 Å². The van der Waals surface area contributed by atoms with Gasteiger partial charge in [-0.2, -0.15) is 10.5 Å². The van der Waals surface area contributed by atoms with Crippen LogP contribution in [0.4, 0.5) is 11.4 Å². The maximum Gasteiger partial charge on any atom is 0.212 e. The van der Waals surface area contributed by atoms with E-state index in [1.165, 1.54) is 6.20 Å². The molecule has 0 saturated heterocycles. The summed E-state index contributed by atoms with van der Waals surface area (Å²) in [6.07, 6.45) is 1.49. The highest BCUT2D eigenvalue weighted by Gasteiger charge is 2.27. The third kappa shape index (κ3) is 6.62. The Morgan fingerprint density at radius 2 is 1.42 bits per heavy atom. The number of aromatic hydroxyl groups is 1. The van der Waals surface area contributed by atoms with Crippen LogP contribution in [0, 0.1) is 29.6 Å². The van der Waals surface area contributed by atoms with Gasteiger partial charge in [-0.1, -0.05) is 115 Å². The molecule has 0 bridgehead atoms. The molecule has 0 unspecified atom stereocenters. The number of Topliss-reactive ketones (excluding diaryl/α,β-unsaturated/α-hetero) is 1. The summed E-state index contributed by atoms with van der Waals surface area (Å²) < 4.78 is 1.80. The number of carbonyl (C=O) groups is 1. The van der Waals surface area contributed by atoms with Crippen molar-refractivity contribution in [3.05, 3.63) is 173 Å². The van der Waals surface area contributed by atoms with Crippen LogP contribution in [0.1, 0.15) is 32.6 Å². The zero-order chi connectivity index (χ0) is 33.5. The number of para-hydroxylation sites is 2. The lowest BCUT2D eigenvalue weighted by atomic mass is 9.98. The largest absolute Gasteiger partial charge is 0.494 e. The highest BCUT2D eigenvalue weighted by Crippen LogP contribution is 2.37. The second kappa shape index (κ2) is 14.2. The van der Waals surface area contributed by atoms with Gasteiger partial charge in [-0.3, -0.25) is 4.79 Å². The molecule has 6 aromatic rings. The van der Waals surface area contributed by atoms with E-state index in [1.807, 2.05) is 122 Å². The number of aromatic nitrogens is 1. The molecule has 232 valence electrons. The van der Waals surface area contributed by atoms with Crippen molar-refractivity contribution in [3.63, 3.8) is 0 Å². The van der Waals surface area contributed by atoms with Crippen molar-refractivity contribution in [1.82, 2.24) is 4.57 Å². The molecule has 0 saturated carbocycles. The van der Waals surface area contributed by atoms with Crippen LogP contribution in [0.2, 0.25) is 0 Å². The number of allylic oxidation sites excluding steroid dienone is 1. The number of benzene rings is 5. The maximum absolute atomic E-state index is 14.5. The molecule has 0 fully saturated rings. The van der Waals surface area contributed by atoms with E-state index in [0.717, 1.165) is 22.2 Å². The van der Waals surface area contributed by atoms with E-state index in [9.17, 15) is 20.4 Å². The van der Waals surface area contributed by atoms with Crippen LogP contribution in [0.5, 0.6) is 5.88 Å². The molecule has 0 aliphatic carbocycles. The second-order valence-electron chi connectivity index (χ2n) is 11.3. The Hall–Kier alpha value is -6.70. The Kier molecular flexibility index (Phi) is 9.23. The van der Waals surface area contributed by atoms with Crippen LogP contribution in [-0.4, -0.2) is 21.2 Å². The van der Waals surface area contributed by atoms with E-state index in [-0.39, 0.29) is 22.9 Å². The summed E-state index contributed by atoms with van der Waals surface area (Å²) in [4.78, 5) is 21.3. The monoisotopic (exact) mass is 625 g/mol. The number of hydrogen-bond donors (Lipinski definition) is 1. The van der Waals surface area contributed by atoms with Gasteiger partial charge in [-0.05, 0) is 42.3 Å². The van der Waals surface area contributed by atoms with Crippen LogP contribution in [0.25, 0.3) is 10.9 Å². The lowest BCUT2D eigenvalue weighted by Crippen LogP contribution is -2.18. The fraction of sp³-hybridized carbons (Fsp3) is 0.0732. The smallest absolute Gasteiger partial charge is 0.212 e. The van der Waals surface area contributed by atoms with E-state index in [1.54, 1.807) is 39.8 Å². The van der Waals surface area contributed by atoms with Gasteiger partial charge in [-0.25, -0.2) is 4.99 Å². The van der Waals surface area contributed by atoms with Crippen LogP contribution in [0.3, 0.4) is 0 Å². The van der Waals surface area contributed by atoms with Crippen molar-refractivity contribution >= 4 is 33.8 Å². The Balaban J connectivity index is 1.60. The standard InChI is InChI=1S/C41H31N5O2/c1-29-21-22-36-34(23-29)38(41(48)46(36)28-31-15-7-3-8-16-31)39(40(47)33-17-9-4-10-18-33)44-35-19-11-12-20-37(35)45(27-32(24-42)25-43)26-30-13-5-2-6-14-30/h2-23,27,48H,26,28H2,1H3. The van der Waals surface area contributed by atoms with Crippen molar-refractivity contribution in [3.8, 4) is 18.0 Å². The second-order valence-corrected chi connectivity index (χ2v) is 11.3. The molecule has 6 rings (SSSR count). The number of hydrogen-bond acceptors (Lipinski definition) is 6. The van der Waals surface area contributed by atoms with Gasteiger partial charge in [0, 0.05) is 23.7 Å². The van der Waals surface area contributed by atoms with Gasteiger partial charge < -0.3 is 14.6 Å². The summed E-state index contributed by atoms with van der Waals surface area (Å²) in [6.45, 7) is 2.69. The number of aryl methyl sites for hydroxylation is 1. The zero-order valence-corrected chi connectivity index (χ0v) is 26.3. The molecule has 7 heteroatoms. The van der Waals surface area contributed by atoms with Gasteiger partial charge >= 0.3 is 0 Å². The highest BCUT2D eigenvalue weighted by molar-refractivity contribution is 6.54. The predicted molar refractivity (Wildman–Crippen MR) is 189 cm³/mol. The number of fused-ring (bicyclic) bond motifs is 1. The third-order valence-corrected chi connectivity index (χ3v) is 8.01. The Morgan fingerprint density at radius 1 is 0.812 bits per heavy atom. The molecular weight excluding hydrogens is 594 g/mol. The molecule has 1 N–H and O–H groups in total. The number of nitriles is 2. The Morgan fingerprint density at radius 3 is 2.08 bits per heavy atom. The van der Waals surface area contributed by atoms with E-state index in [0.29, 0.717) is 41.0 Å². The minimum absolute atomic E-state index is 0.0676. The summed E-state index contributed by atoms with van der Waals surface area (Å²) in [5, 5.41) is 32.0. The van der Waals surface area contributed by atoms with Gasteiger partial charge in [-0.15, -0.1) is 0 Å². The highest BCUT2D eigenvalue weighted by atomic mass is 16.3. The van der Waals surface area contributed by atoms with Gasteiger partial charge in [0.25, 0.3) is 0 Å². The van der Waals surface area contributed by atoms with Crippen LogP contribution in [0.15, 0.2) is 150 Å².